The lowest BCUT2D eigenvalue weighted by Gasteiger charge is -2.10. The number of benzene rings is 1. The molecular formula is C17H18N2O2. The first kappa shape index (κ1) is 14.8. The van der Waals surface area contributed by atoms with E-state index >= 15 is 0 Å². The lowest BCUT2D eigenvalue weighted by atomic mass is 10.0. The number of methoxy groups -OCH3 is 1. The van der Waals surface area contributed by atoms with Gasteiger partial charge in [-0.2, -0.15) is 0 Å². The van der Waals surface area contributed by atoms with Crippen molar-refractivity contribution in [1.29, 1.82) is 0 Å². The number of hydrogen-bond acceptors (Lipinski definition) is 4. The molecule has 0 amide bonds. The highest BCUT2D eigenvalue weighted by atomic mass is 16.5. The Hall–Kier alpha value is -2.62. The lowest BCUT2D eigenvalue weighted by molar-refractivity contribution is 0.371. The predicted octanol–water partition coefficient (Wildman–Crippen LogP) is 3.48. The van der Waals surface area contributed by atoms with Crippen molar-refractivity contribution in [1.82, 2.24) is 9.97 Å². The van der Waals surface area contributed by atoms with Gasteiger partial charge in [0.1, 0.15) is 0 Å². The third kappa shape index (κ3) is 3.48. The van der Waals surface area contributed by atoms with Gasteiger partial charge in [0, 0.05) is 18.0 Å². The molecule has 0 radical (unpaired) electrons. The van der Waals surface area contributed by atoms with Crippen LogP contribution in [0.1, 0.15) is 23.7 Å². The molecule has 1 heterocycles. The lowest BCUT2D eigenvalue weighted by Crippen LogP contribution is -1.92. The van der Waals surface area contributed by atoms with Crippen LogP contribution < -0.4 is 4.74 Å². The largest absolute Gasteiger partial charge is 0.504 e. The standard InChI is InChI=1S/C17H18N2O2/c1-4-5-14-9-13(10-16(21-3)17(14)20)8-12(2)15-11-18-6-7-19-15/h4,6-11,20H,1,5H2,2-3H3/b12-8+. The quantitative estimate of drug-likeness (QED) is 0.853. The fourth-order valence-electron chi connectivity index (χ4n) is 2.07. The van der Waals surface area contributed by atoms with Crippen LogP contribution in [-0.2, 0) is 6.42 Å². The molecule has 4 nitrogen and oxygen atoms in total. The number of rotatable bonds is 5. The van der Waals surface area contributed by atoms with Crippen molar-refractivity contribution in [2.75, 3.05) is 7.11 Å². The normalized spacial score (nSPS) is 11.2. The molecule has 0 aliphatic heterocycles. The monoisotopic (exact) mass is 282 g/mol. The van der Waals surface area contributed by atoms with E-state index in [0.717, 1.165) is 22.4 Å². The fourth-order valence-corrected chi connectivity index (χ4v) is 2.07. The first-order valence-corrected chi connectivity index (χ1v) is 6.61. The number of ether oxygens (including phenoxy) is 1. The van der Waals surface area contributed by atoms with Crippen LogP contribution >= 0.6 is 0 Å². The van der Waals surface area contributed by atoms with E-state index in [1.165, 1.54) is 7.11 Å². The van der Waals surface area contributed by atoms with Crippen LogP contribution in [0.25, 0.3) is 11.6 Å². The van der Waals surface area contributed by atoms with E-state index in [9.17, 15) is 5.11 Å². The van der Waals surface area contributed by atoms with Gasteiger partial charge >= 0.3 is 0 Å². The second-order valence-electron chi connectivity index (χ2n) is 4.64. The summed E-state index contributed by atoms with van der Waals surface area (Å²) in [6.07, 6.45) is 9.33. The molecule has 4 heteroatoms. The first-order valence-electron chi connectivity index (χ1n) is 6.61. The van der Waals surface area contributed by atoms with Crippen LogP contribution in [0.3, 0.4) is 0 Å². The molecule has 0 bridgehead atoms. The highest BCUT2D eigenvalue weighted by Crippen LogP contribution is 2.33. The Morgan fingerprint density at radius 2 is 2.19 bits per heavy atom. The SMILES string of the molecule is C=CCc1cc(/C=C(\C)c2cnccn2)cc(OC)c1O. The van der Waals surface area contributed by atoms with Gasteiger partial charge in [-0.15, -0.1) is 6.58 Å². The Kier molecular flexibility index (Phi) is 4.72. The Morgan fingerprint density at radius 3 is 2.81 bits per heavy atom. The van der Waals surface area contributed by atoms with E-state index < -0.39 is 0 Å². The Morgan fingerprint density at radius 1 is 1.38 bits per heavy atom. The number of hydrogen-bond donors (Lipinski definition) is 1. The van der Waals surface area contributed by atoms with E-state index in [1.54, 1.807) is 30.7 Å². The summed E-state index contributed by atoms with van der Waals surface area (Å²) in [5, 5.41) is 10.1. The summed E-state index contributed by atoms with van der Waals surface area (Å²) in [7, 11) is 1.54. The molecule has 0 saturated heterocycles. The van der Waals surface area contributed by atoms with Crippen LogP contribution in [0.4, 0.5) is 0 Å². The van der Waals surface area contributed by atoms with E-state index in [0.29, 0.717) is 12.2 Å². The maximum Gasteiger partial charge on any atom is 0.161 e. The minimum Gasteiger partial charge on any atom is -0.504 e. The van der Waals surface area contributed by atoms with Crippen molar-refractivity contribution < 1.29 is 9.84 Å². The third-order valence-electron chi connectivity index (χ3n) is 3.11. The van der Waals surface area contributed by atoms with Gasteiger partial charge in [-0.05, 0) is 42.7 Å². The van der Waals surface area contributed by atoms with E-state index in [4.69, 9.17) is 4.74 Å². The number of allylic oxidation sites excluding steroid dienone is 2. The molecule has 1 N–H and O–H groups in total. The Balaban J connectivity index is 2.44. The summed E-state index contributed by atoms with van der Waals surface area (Å²) >= 11 is 0. The molecule has 0 unspecified atom stereocenters. The second-order valence-corrected chi connectivity index (χ2v) is 4.64. The summed E-state index contributed by atoms with van der Waals surface area (Å²) < 4.78 is 5.22. The number of nitrogens with zero attached hydrogens (tertiary/aromatic N) is 2. The van der Waals surface area contributed by atoms with Gasteiger partial charge in [0.05, 0.1) is 19.0 Å². The van der Waals surface area contributed by atoms with Crippen molar-refractivity contribution >= 4 is 11.6 Å². The van der Waals surface area contributed by atoms with E-state index in [-0.39, 0.29) is 5.75 Å². The third-order valence-corrected chi connectivity index (χ3v) is 3.11. The summed E-state index contributed by atoms with van der Waals surface area (Å²) in [4.78, 5) is 8.33. The van der Waals surface area contributed by atoms with Crippen molar-refractivity contribution in [3.05, 3.63) is 60.2 Å². The van der Waals surface area contributed by atoms with Crippen molar-refractivity contribution in [2.24, 2.45) is 0 Å². The maximum atomic E-state index is 10.1. The van der Waals surface area contributed by atoms with Crippen LogP contribution in [0.5, 0.6) is 11.5 Å². The van der Waals surface area contributed by atoms with Crippen molar-refractivity contribution in [3.63, 3.8) is 0 Å². The summed E-state index contributed by atoms with van der Waals surface area (Å²) in [6, 6.07) is 3.71. The van der Waals surface area contributed by atoms with Gasteiger partial charge in [-0.3, -0.25) is 9.97 Å². The fraction of sp³-hybridized carbons (Fsp3) is 0.176. The summed E-state index contributed by atoms with van der Waals surface area (Å²) in [6.45, 7) is 5.67. The van der Waals surface area contributed by atoms with E-state index in [1.807, 2.05) is 19.1 Å². The number of aromatic nitrogens is 2. The molecule has 0 aliphatic carbocycles. The highest BCUT2D eigenvalue weighted by Gasteiger charge is 2.09. The topological polar surface area (TPSA) is 55.2 Å². The first-order chi connectivity index (χ1) is 10.2. The smallest absolute Gasteiger partial charge is 0.161 e. The molecule has 0 saturated carbocycles. The highest BCUT2D eigenvalue weighted by molar-refractivity contribution is 5.79. The average Bonchev–Trinajstić information content (AvgIpc) is 2.51. The molecular weight excluding hydrogens is 264 g/mol. The second kappa shape index (κ2) is 6.70. The maximum absolute atomic E-state index is 10.1. The number of aromatic hydroxyl groups is 1. The number of phenolic OH excluding ortho intramolecular Hbond substituents is 1. The van der Waals surface area contributed by atoms with Gasteiger partial charge in [0.2, 0.25) is 0 Å². The molecule has 0 atom stereocenters. The van der Waals surface area contributed by atoms with E-state index in [2.05, 4.69) is 16.5 Å². The zero-order chi connectivity index (χ0) is 15.2. The van der Waals surface area contributed by atoms with Crippen molar-refractivity contribution in [2.45, 2.75) is 13.3 Å². The van der Waals surface area contributed by atoms with Gasteiger partial charge in [0.15, 0.2) is 11.5 Å². The van der Waals surface area contributed by atoms with Crippen LogP contribution in [0.2, 0.25) is 0 Å². The average molecular weight is 282 g/mol. The molecule has 108 valence electrons. The van der Waals surface area contributed by atoms with Crippen LogP contribution in [0.15, 0.2) is 43.4 Å². The molecule has 21 heavy (non-hydrogen) atoms. The minimum absolute atomic E-state index is 0.159. The molecule has 1 aromatic heterocycles. The Bertz CT molecular complexity index is 664. The zero-order valence-electron chi connectivity index (χ0n) is 12.2. The van der Waals surface area contributed by atoms with Crippen LogP contribution in [-0.4, -0.2) is 22.2 Å². The predicted molar refractivity (Wildman–Crippen MR) is 84.1 cm³/mol. The van der Waals surface area contributed by atoms with Gasteiger partial charge < -0.3 is 9.84 Å². The number of phenols is 1. The van der Waals surface area contributed by atoms with Gasteiger partial charge in [0.25, 0.3) is 0 Å². The Labute approximate surface area is 124 Å². The van der Waals surface area contributed by atoms with Gasteiger partial charge in [-0.1, -0.05) is 6.08 Å². The molecule has 0 spiro atoms. The van der Waals surface area contributed by atoms with Gasteiger partial charge in [-0.25, -0.2) is 0 Å². The molecule has 2 rings (SSSR count). The minimum atomic E-state index is 0.159. The zero-order valence-corrected chi connectivity index (χ0v) is 12.2. The molecule has 0 aliphatic rings. The van der Waals surface area contributed by atoms with Crippen LogP contribution in [0, 0.1) is 0 Å². The van der Waals surface area contributed by atoms with Crippen molar-refractivity contribution in [3.8, 4) is 11.5 Å². The molecule has 0 fully saturated rings. The summed E-state index contributed by atoms with van der Waals surface area (Å²) in [5.74, 6) is 0.610. The summed E-state index contributed by atoms with van der Waals surface area (Å²) in [5.41, 5.74) is 3.52. The molecule has 2 aromatic rings. The molecule has 1 aromatic carbocycles.